The summed E-state index contributed by atoms with van der Waals surface area (Å²) >= 11 is 0. The normalized spacial score (nSPS) is 16.9. The van der Waals surface area contributed by atoms with Crippen LogP contribution >= 0.6 is 0 Å². The summed E-state index contributed by atoms with van der Waals surface area (Å²) in [6.07, 6.45) is 6.35. The highest BCUT2D eigenvalue weighted by Crippen LogP contribution is 2.41. The third-order valence-corrected chi connectivity index (χ3v) is 6.38. The molecule has 27 heavy (non-hydrogen) atoms. The number of ether oxygens (including phenoxy) is 1. The molecule has 0 saturated carbocycles. The van der Waals surface area contributed by atoms with Crippen molar-refractivity contribution in [2.24, 2.45) is 0 Å². The first-order valence-corrected chi connectivity index (χ1v) is 10.3. The Kier molecular flexibility index (Phi) is 4.41. The van der Waals surface area contributed by atoms with Gasteiger partial charge in [0, 0.05) is 29.6 Å². The van der Waals surface area contributed by atoms with Crippen molar-refractivity contribution in [1.29, 1.82) is 0 Å². The maximum Gasteiger partial charge on any atom is 0.119 e. The van der Waals surface area contributed by atoms with Gasteiger partial charge in [0.2, 0.25) is 0 Å². The summed E-state index contributed by atoms with van der Waals surface area (Å²) in [5, 5.41) is 1.37. The fourth-order valence-electron chi connectivity index (χ4n) is 4.98. The second-order valence-corrected chi connectivity index (χ2v) is 7.92. The van der Waals surface area contributed by atoms with E-state index >= 15 is 0 Å². The molecule has 3 aromatic rings. The quantitative estimate of drug-likeness (QED) is 0.658. The summed E-state index contributed by atoms with van der Waals surface area (Å²) in [5.74, 6) is 0.956. The molecule has 3 nitrogen and oxygen atoms in total. The smallest absolute Gasteiger partial charge is 0.119 e. The summed E-state index contributed by atoms with van der Waals surface area (Å²) in [5.41, 5.74) is 7.21. The zero-order valence-corrected chi connectivity index (χ0v) is 16.2. The van der Waals surface area contributed by atoms with E-state index in [0.717, 1.165) is 31.7 Å². The third kappa shape index (κ3) is 2.94. The van der Waals surface area contributed by atoms with Gasteiger partial charge < -0.3 is 14.2 Å². The molecule has 0 spiro atoms. The number of likely N-dealkylation sites (tertiary alicyclic amines) is 1. The van der Waals surface area contributed by atoms with E-state index in [1.807, 2.05) is 0 Å². The van der Waals surface area contributed by atoms with Crippen LogP contribution in [0.25, 0.3) is 22.2 Å². The molecular formula is C24H28N2O. The van der Waals surface area contributed by atoms with Crippen LogP contribution in [0.4, 0.5) is 0 Å². The number of nitrogens with zero attached hydrogens (tertiary/aromatic N) is 2. The van der Waals surface area contributed by atoms with Crippen LogP contribution in [-0.4, -0.2) is 36.2 Å². The third-order valence-electron chi connectivity index (χ3n) is 6.38. The Labute approximate surface area is 161 Å². The van der Waals surface area contributed by atoms with Crippen LogP contribution < -0.4 is 4.74 Å². The number of hydrogen-bond donors (Lipinski definition) is 0. The van der Waals surface area contributed by atoms with Gasteiger partial charge in [-0.05, 0) is 68.1 Å². The van der Waals surface area contributed by atoms with Crippen molar-refractivity contribution in [3.05, 3.63) is 53.6 Å². The molecule has 1 aromatic heterocycles. The fraction of sp³-hybridized carbons (Fsp3) is 0.417. The Bertz CT molecular complexity index is 966. The molecule has 1 aliphatic heterocycles. The Morgan fingerprint density at radius 2 is 1.78 bits per heavy atom. The Hall–Kier alpha value is -2.26. The molecule has 3 heteroatoms. The van der Waals surface area contributed by atoms with Gasteiger partial charge in [0.15, 0.2) is 0 Å². The van der Waals surface area contributed by atoms with Gasteiger partial charge >= 0.3 is 0 Å². The largest absolute Gasteiger partial charge is 0.497 e. The van der Waals surface area contributed by atoms with E-state index in [0.29, 0.717) is 0 Å². The van der Waals surface area contributed by atoms with Gasteiger partial charge in [-0.3, -0.25) is 0 Å². The second-order valence-electron chi connectivity index (χ2n) is 7.92. The maximum absolute atomic E-state index is 5.53. The highest BCUT2D eigenvalue weighted by Gasteiger charge is 2.24. The molecule has 140 valence electrons. The van der Waals surface area contributed by atoms with Crippen LogP contribution in [0.2, 0.25) is 0 Å². The number of aromatic nitrogens is 1. The first-order chi connectivity index (χ1) is 13.3. The molecule has 0 amide bonds. The van der Waals surface area contributed by atoms with Gasteiger partial charge in [-0.2, -0.15) is 0 Å². The van der Waals surface area contributed by atoms with E-state index < -0.39 is 0 Å². The van der Waals surface area contributed by atoms with Crippen molar-refractivity contribution in [1.82, 2.24) is 9.47 Å². The number of piperidine rings is 1. The first kappa shape index (κ1) is 16.9. The molecule has 0 N–H and O–H groups in total. The Morgan fingerprint density at radius 3 is 2.63 bits per heavy atom. The molecule has 0 atom stereocenters. The van der Waals surface area contributed by atoms with Gasteiger partial charge in [0.05, 0.1) is 12.8 Å². The highest BCUT2D eigenvalue weighted by molar-refractivity contribution is 5.94. The lowest BCUT2D eigenvalue weighted by atomic mass is 9.89. The van der Waals surface area contributed by atoms with Crippen LogP contribution in [0, 0.1) is 0 Å². The van der Waals surface area contributed by atoms with Crippen LogP contribution in [0.3, 0.4) is 0 Å². The van der Waals surface area contributed by atoms with Gasteiger partial charge in [-0.25, -0.2) is 0 Å². The monoisotopic (exact) mass is 360 g/mol. The minimum Gasteiger partial charge on any atom is -0.497 e. The van der Waals surface area contributed by atoms with Gasteiger partial charge in [-0.1, -0.05) is 30.7 Å². The number of aryl methyl sites for hydroxylation is 2. The summed E-state index contributed by atoms with van der Waals surface area (Å²) < 4.78 is 8.11. The van der Waals surface area contributed by atoms with Crippen molar-refractivity contribution < 1.29 is 4.74 Å². The van der Waals surface area contributed by atoms with Crippen LogP contribution in [0.15, 0.2) is 42.5 Å². The number of benzene rings is 2. The molecule has 0 unspecified atom stereocenters. The molecule has 1 aliphatic carbocycles. The average Bonchev–Trinajstić information content (AvgIpc) is 3.06. The zero-order chi connectivity index (χ0) is 18.2. The minimum atomic E-state index is 0.956. The van der Waals surface area contributed by atoms with E-state index in [-0.39, 0.29) is 0 Å². The molecule has 0 bridgehead atoms. The topological polar surface area (TPSA) is 17.4 Å². The lowest BCUT2D eigenvalue weighted by Gasteiger charge is -2.27. The molecule has 0 radical (unpaired) electrons. The molecule has 5 rings (SSSR count). The number of rotatable bonds is 4. The van der Waals surface area contributed by atoms with Gasteiger partial charge in [-0.15, -0.1) is 0 Å². The van der Waals surface area contributed by atoms with Gasteiger partial charge in [0.25, 0.3) is 0 Å². The Morgan fingerprint density at radius 1 is 0.926 bits per heavy atom. The minimum absolute atomic E-state index is 0.956. The number of methoxy groups -OCH3 is 1. The first-order valence-electron chi connectivity index (χ1n) is 10.3. The molecular weight excluding hydrogens is 332 g/mol. The lowest BCUT2D eigenvalue weighted by molar-refractivity contribution is 0.222. The summed E-state index contributed by atoms with van der Waals surface area (Å²) in [4.78, 5) is 2.64. The van der Waals surface area contributed by atoms with E-state index in [4.69, 9.17) is 4.74 Å². The average molecular weight is 361 g/mol. The standard InChI is InChI=1S/C24H28N2O/c1-27-19-10-12-23-22(17-19)21-11-9-18-7-3-4-8-20(18)24(21)26(23)16-15-25-13-5-2-6-14-25/h3-4,7-8,10,12,17H,2,5-6,9,11,13-16H2,1H3. The number of hydrogen-bond acceptors (Lipinski definition) is 2. The fourth-order valence-corrected chi connectivity index (χ4v) is 4.98. The van der Waals surface area contributed by atoms with E-state index in [9.17, 15) is 0 Å². The predicted octanol–water partition coefficient (Wildman–Crippen LogP) is 4.90. The van der Waals surface area contributed by atoms with Crippen LogP contribution in [0.5, 0.6) is 5.75 Å². The van der Waals surface area contributed by atoms with Crippen molar-refractivity contribution in [2.45, 2.75) is 38.6 Å². The SMILES string of the molecule is COc1ccc2c(c1)c1c(n2CCN2CCCCC2)-c2ccccc2CC1. The molecule has 2 aliphatic rings. The molecule has 2 heterocycles. The molecule has 1 fully saturated rings. The predicted molar refractivity (Wildman–Crippen MR) is 112 cm³/mol. The summed E-state index contributed by atoms with van der Waals surface area (Å²) in [6.45, 7) is 4.72. The van der Waals surface area contributed by atoms with Crippen molar-refractivity contribution in [3.8, 4) is 17.0 Å². The second kappa shape index (κ2) is 7.05. The van der Waals surface area contributed by atoms with Crippen LogP contribution in [0.1, 0.15) is 30.4 Å². The maximum atomic E-state index is 5.53. The van der Waals surface area contributed by atoms with Crippen molar-refractivity contribution in [2.75, 3.05) is 26.7 Å². The highest BCUT2D eigenvalue weighted by atomic mass is 16.5. The van der Waals surface area contributed by atoms with Gasteiger partial charge in [0.1, 0.15) is 5.75 Å². The molecule has 1 saturated heterocycles. The van der Waals surface area contributed by atoms with E-state index in [1.54, 1.807) is 7.11 Å². The van der Waals surface area contributed by atoms with Crippen molar-refractivity contribution in [3.63, 3.8) is 0 Å². The summed E-state index contributed by atoms with van der Waals surface area (Å²) in [7, 11) is 1.76. The number of fused-ring (bicyclic) bond motifs is 5. The summed E-state index contributed by atoms with van der Waals surface area (Å²) in [6, 6.07) is 15.6. The Balaban J connectivity index is 1.62. The van der Waals surface area contributed by atoms with E-state index in [1.165, 1.54) is 65.6 Å². The zero-order valence-electron chi connectivity index (χ0n) is 16.2. The van der Waals surface area contributed by atoms with E-state index in [2.05, 4.69) is 51.9 Å². The van der Waals surface area contributed by atoms with Crippen LogP contribution in [-0.2, 0) is 19.4 Å². The van der Waals surface area contributed by atoms with Crippen molar-refractivity contribution >= 4 is 10.9 Å². The lowest BCUT2D eigenvalue weighted by Crippen LogP contribution is -2.32. The molecule has 2 aromatic carbocycles.